The topological polar surface area (TPSA) is 70.2 Å². The van der Waals surface area contributed by atoms with E-state index in [9.17, 15) is 4.79 Å². The minimum atomic E-state index is -0.0163. The minimum absolute atomic E-state index is 0.0163. The molecule has 0 saturated carbocycles. The summed E-state index contributed by atoms with van der Waals surface area (Å²) in [6, 6.07) is 18.0. The van der Waals surface area contributed by atoms with Crippen LogP contribution in [0.15, 0.2) is 60.8 Å². The number of hydrogen-bond donors (Lipinski definition) is 2. The molecular formula is C27H33N5O. The molecule has 0 radical (unpaired) electrons. The Morgan fingerprint density at radius 1 is 1.09 bits per heavy atom. The molecule has 172 valence electrons. The maximum Gasteiger partial charge on any atom is 0.259 e. The molecule has 0 unspecified atom stereocenters. The molecule has 1 amide bonds. The van der Waals surface area contributed by atoms with E-state index in [0.717, 1.165) is 37.1 Å². The van der Waals surface area contributed by atoms with Gasteiger partial charge >= 0.3 is 0 Å². The Balaban J connectivity index is 1.61. The second-order valence-electron chi connectivity index (χ2n) is 8.92. The normalized spacial score (nSPS) is 15.1. The summed E-state index contributed by atoms with van der Waals surface area (Å²) < 4.78 is 0. The van der Waals surface area contributed by atoms with Gasteiger partial charge in [-0.1, -0.05) is 36.4 Å². The maximum atomic E-state index is 13.7. The zero-order valence-electron chi connectivity index (χ0n) is 19.7. The van der Waals surface area contributed by atoms with Gasteiger partial charge in [0, 0.05) is 18.3 Å². The number of amides is 1. The molecule has 1 aromatic heterocycles. The summed E-state index contributed by atoms with van der Waals surface area (Å²) in [5.41, 5.74) is 4.14. The first-order valence-corrected chi connectivity index (χ1v) is 11.8. The van der Waals surface area contributed by atoms with E-state index >= 15 is 0 Å². The molecule has 1 aliphatic rings. The highest BCUT2D eigenvalue weighted by atomic mass is 16.2. The molecule has 0 spiro atoms. The molecule has 2 heterocycles. The number of carbonyl (C=O) groups excluding carboxylic acids is 1. The lowest BCUT2D eigenvalue weighted by Crippen LogP contribution is -2.40. The van der Waals surface area contributed by atoms with Gasteiger partial charge in [-0.2, -0.15) is 4.98 Å². The smallest absolute Gasteiger partial charge is 0.259 e. The van der Waals surface area contributed by atoms with Crippen LogP contribution < -0.4 is 15.5 Å². The van der Waals surface area contributed by atoms with E-state index in [0.29, 0.717) is 29.8 Å². The van der Waals surface area contributed by atoms with E-state index in [1.165, 1.54) is 5.56 Å². The average molecular weight is 444 g/mol. The molecule has 2 N–H and O–H groups in total. The third kappa shape index (κ3) is 5.76. The summed E-state index contributed by atoms with van der Waals surface area (Å²) in [4.78, 5) is 24.7. The highest BCUT2D eigenvalue weighted by Gasteiger charge is 2.25. The molecule has 33 heavy (non-hydrogen) atoms. The first-order chi connectivity index (χ1) is 16.0. The van der Waals surface area contributed by atoms with Gasteiger partial charge in [-0.3, -0.25) is 9.69 Å². The Kier molecular flexibility index (Phi) is 7.35. The van der Waals surface area contributed by atoms with Crippen LogP contribution in [0.5, 0.6) is 0 Å². The third-order valence-electron chi connectivity index (χ3n) is 6.46. The van der Waals surface area contributed by atoms with Crippen LogP contribution in [0.25, 0.3) is 0 Å². The molecule has 6 heteroatoms. The van der Waals surface area contributed by atoms with E-state index in [1.807, 2.05) is 54.3 Å². The predicted octanol–water partition coefficient (Wildman–Crippen LogP) is 4.91. The van der Waals surface area contributed by atoms with Gasteiger partial charge in [-0.05, 0) is 87.5 Å². The van der Waals surface area contributed by atoms with E-state index < -0.39 is 0 Å². The van der Waals surface area contributed by atoms with Crippen molar-refractivity contribution >= 4 is 17.7 Å². The standard InChI is InChI=1S/C27H33N5O/c1-19-9-10-24(17-20(19)2)26(33)32(18-22-11-14-28-15-12-22)25-13-16-29-27(31-25)30-21(3)23-7-5-4-6-8-23/h4-10,13,16-17,21-22,28H,11-12,14-15,18H2,1-3H3,(H,29,30,31)/t21-/m0/s1. The van der Waals surface area contributed by atoms with Gasteiger partial charge in [-0.15, -0.1) is 0 Å². The van der Waals surface area contributed by atoms with Gasteiger partial charge < -0.3 is 10.6 Å². The summed E-state index contributed by atoms with van der Waals surface area (Å²) in [6.45, 7) is 8.81. The van der Waals surface area contributed by atoms with Crippen LogP contribution in [-0.4, -0.2) is 35.5 Å². The second kappa shape index (κ2) is 10.6. The fraction of sp³-hybridized carbons (Fsp3) is 0.370. The Labute approximate surface area is 196 Å². The summed E-state index contributed by atoms with van der Waals surface area (Å²) in [7, 11) is 0. The van der Waals surface area contributed by atoms with Crippen molar-refractivity contribution in [2.75, 3.05) is 29.9 Å². The van der Waals surface area contributed by atoms with Gasteiger partial charge in [0.05, 0.1) is 6.04 Å². The molecule has 0 bridgehead atoms. The molecular weight excluding hydrogens is 410 g/mol. The van der Waals surface area contributed by atoms with Gasteiger partial charge in [0.15, 0.2) is 0 Å². The van der Waals surface area contributed by atoms with Crippen LogP contribution in [0.4, 0.5) is 11.8 Å². The van der Waals surface area contributed by atoms with Crippen LogP contribution in [0.3, 0.4) is 0 Å². The van der Waals surface area contributed by atoms with Crippen molar-refractivity contribution in [1.82, 2.24) is 15.3 Å². The third-order valence-corrected chi connectivity index (χ3v) is 6.46. The second-order valence-corrected chi connectivity index (χ2v) is 8.92. The monoisotopic (exact) mass is 443 g/mol. The minimum Gasteiger partial charge on any atom is -0.348 e. The molecule has 4 rings (SSSR count). The Bertz CT molecular complexity index is 1080. The first-order valence-electron chi connectivity index (χ1n) is 11.8. The summed E-state index contributed by atoms with van der Waals surface area (Å²) in [5, 5.41) is 6.79. The predicted molar refractivity (Wildman–Crippen MR) is 134 cm³/mol. The number of piperidine rings is 1. The molecule has 2 aromatic carbocycles. The Hall–Kier alpha value is -3.25. The quantitative estimate of drug-likeness (QED) is 0.543. The molecule has 3 aromatic rings. The van der Waals surface area contributed by atoms with Crippen LogP contribution in [0.1, 0.15) is 52.9 Å². The zero-order chi connectivity index (χ0) is 23.2. The largest absolute Gasteiger partial charge is 0.348 e. The number of nitrogens with one attached hydrogen (secondary N) is 2. The number of aryl methyl sites for hydroxylation is 2. The first kappa shape index (κ1) is 22.9. The average Bonchev–Trinajstić information content (AvgIpc) is 2.85. The lowest BCUT2D eigenvalue weighted by molar-refractivity contribution is 0.0980. The van der Waals surface area contributed by atoms with E-state index in [4.69, 9.17) is 4.98 Å². The number of aromatic nitrogens is 2. The number of benzene rings is 2. The van der Waals surface area contributed by atoms with Crippen LogP contribution in [-0.2, 0) is 0 Å². The van der Waals surface area contributed by atoms with Gasteiger partial charge in [-0.25, -0.2) is 4.98 Å². The molecule has 6 nitrogen and oxygen atoms in total. The van der Waals surface area contributed by atoms with Crippen molar-refractivity contribution in [2.24, 2.45) is 5.92 Å². The van der Waals surface area contributed by atoms with Crippen LogP contribution >= 0.6 is 0 Å². The number of nitrogens with zero attached hydrogens (tertiary/aromatic N) is 3. The van der Waals surface area contributed by atoms with E-state index in [2.05, 4.69) is 41.6 Å². The number of rotatable bonds is 7. The van der Waals surface area contributed by atoms with Crippen molar-refractivity contribution < 1.29 is 4.79 Å². The van der Waals surface area contributed by atoms with Gasteiger partial charge in [0.25, 0.3) is 5.91 Å². The van der Waals surface area contributed by atoms with Crippen molar-refractivity contribution in [3.8, 4) is 0 Å². The maximum absolute atomic E-state index is 13.7. The Morgan fingerprint density at radius 3 is 2.58 bits per heavy atom. The zero-order valence-corrected chi connectivity index (χ0v) is 19.7. The lowest BCUT2D eigenvalue weighted by atomic mass is 9.97. The van der Waals surface area contributed by atoms with Crippen LogP contribution in [0, 0.1) is 19.8 Å². The van der Waals surface area contributed by atoms with Crippen molar-refractivity contribution in [3.63, 3.8) is 0 Å². The molecule has 0 aliphatic carbocycles. The van der Waals surface area contributed by atoms with Gasteiger partial charge in [0.2, 0.25) is 5.95 Å². The SMILES string of the molecule is Cc1ccc(C(=O)N(CC2CCNCC2)c2ccnc(N[C@@H](C)c3ccccc3)n2)cc1C. The molecule has 1 aliphatic heterocycles. The van der Waals surface area contributed by atoms with Crippen molar-refractivity contribution in [3.05, 3.63) is 83.0 Å². The Morgan fingerprint density at radius 2 is 1.85 bits per heavy atom. The van der Waals surface area contributed by atoms with E-state index in [1.54, 1.807) is 6.20 Å². The molecule has 1 fully saturated rings. The van der Waals surface area contributed by atoms with E-state index in [-0.39, 0.29) is 11.9 Å². The van der Waals surface area contributed by atoms with Crippen molar-refractivity contribution in [2.45, 2.75) is 39.7 Å². The fourth-order valence-electron chi connectivity index (χ4n) is 4.22. The summed E-state index contributed by atoms with van der Waals surface area (Å²) >= 11 is 0. The summed E-state index contributed by atoms with van der Waals surface area (Å²) in [5.74, 6) is 1.58. The van der Waals surface area contributed by atoms with Gasteiger partial charge in [0.1, 0.15) is 5.82 Å². The van der Waals surface area contributed by atoms with Crippen LogP contribution in [0.2, 0.25) is 0 Å². The molecule has 1 saturated heterocycles. The fourth-order valence-corrected chi connectivity index (χ4v) is 4.22. The number of anilines is 2. The van der Waals surface area contributed by atoms with Crippen molar-refractivity contribution in [1.29, 1.82) is 0 Å². The number of hydrogen-bond acceptors (Lipinski definition) is 5. The lowest BCUT2D eigenvalue weighted by Gasteiger charge is -2.30. The number of carbonyl (C=O) groups is 1. The molecule has 1 atom stereocenters. The highest BCUT2D eigenvalue weighted by Crippen LogP contribution is 2.24. The summed E-state index contributed by atoms with van der Waals surface area (Å²) in [6.07, 6.45) is 3.83. The highest BCUT2D eigenvalue weighted by molar-refractivity contribution is 6.05.